The van der Waals surface area contributed by atoms with Gasteiger partial charge in [-0.15, -0.1) is 0 Å². The Morgan fingerprint density at radius 1 is 1.50 bits per heavy atom. The van der Waals surface area contributed by atoms with Crippen LogP contribution in [0.5, 0.6) is 0 Å². The standard InChI is InChI=1S/C10H15N3O/c1-7-5-13(6-8(7)2)10(14)9-3-11-12-4-9/h3-4,7-8H,5-6H2,1-2H3,(H,11,12). The number of hydrogen-bond acceptors (Lipinski definition) is 2. The highest BCUT2D eigenvalue weighted by Crippen LogP contribution is 2.23. The fourth-order valence-corrected chi connectivity index (χ4v) is 1.85. The molecule has 1 aliphatic heterocycles. The zero-order valence-electron chi connectivity index (χ0n) is 8.53. The van der Waals surface area contributed by atoms with Crippen LogP contribution in [-0.2, 0) is 0 Å². The maximum absolute atomic E-state index is 11.9. The number of nitrogens with zero attached hydrogens (tertiary/aromatic N) is 2. The molecule has 0 radical (unpaired) electrons. The molecule has 0 spiro atoms. The zero-order chi connectivity index (χ0) is 10.1. The zero-order valence-corrected chi connectivity index (χ0v) is 8.53. The Morgan fingerprint density at radius 2 is 2.14 bits per heavy atom. The van der Waals surface area contributed by atoms with Crippen LogP contribution in [-0.4, -0.2) is 34.1 Å². The summed E-state index contributed by atoms with van der Waals surface area (Å²) in [6.45, 7) is 6.11. The maximum atomic E-state index is 11.9. The normalized spacial score (nSPS) is 26.9. The molecule has 14 heavy (non-hydrogen) atoms. The third kappa shape index (κ3) is 1.52. The van der Waals surface area contributed by atoms with Gasteiger partial charge in [-0.2, -0.15) is 5.10 Å². The first kappa shape index (κ1) is 9.24. The van der Waals surface area contributed by atoms with E-state index in [0.29, 0.717) is 17.4 Å². The fraction of sp³-hybridized carbons (Fsp3) is 0.600. The van der Waals surface area contributed by atoms with Crippen molar-refractivity contribution in [3.8, 4) is 0 Å². The number of carbonyl (C=O) groups excluding carboxylic acids is 1. The molecule has 0 aromatic carbocycles. The molecule has 1 aromatic heterocycles. The topological polar surface area (TPSA) is 49.0 Å². The monoisotopic (exact) mass is 193 g/mol. The lowest BCUT2D eigenvalue weighted by atomic mass is 10.0. The van der Waals surface area contributed by atoms with E-state index in [1.54, 1.807) is 12.4 Å². The Labute approximate surface area is 83.3 Å². The van der Waals surface area contributed by atoms with Gasteiger partial charge >= 0.3 is 0 Å². The van der Waals surface area contributed by atoms with Crippen molar-refractivity contribution in [1.29, 1.82) is 0 Å². The molecular weight excluding hydrogens is 178 g/mol. The summed E-state index contributed by atoms with van der Waals surface area (Å²) in [6.07, 6.45) is 3.23. The van der Waals surface area contributed by atoms with Crippen LogP contribution in [0.3, 0.4) is 0 Å². The largest absolute Gasteiger partial charge is 0.338 e. The van der Waals surface area contributed by atoms with Crippen molar-refractivity contribution < 1.29 is 4.79 Å². The van der Waals surface area contributed by atoms with E-state index in [1.807, 2.05) is 4.90 Å². The molecule has 1 fully saturated rings. The van der Waals surface area contributed by atoms with E-state index in [0.717, 1.165) is 13.1 Å². The highest BCUT2D eigenvalue weighted by Gasteiger charge is 2.29. The van der Waals surface area contributed by atoms with E-state index < -0.39 is 0 Å². The van der Waals surface area contributed by atoms with Gasteiger partial charge in [-0.05, 0) is 11.8 Å². The van der Waals surface area contributed by atoms with Crippen molar-refractivity contribution in [3.05, 3.63) is 18.0 Å². The molecule has 0 saturated carbocycles. The highest BCUT2D eigenvalue weighted by atomic mass is 16.2. The van der Waals surface area contributed by atoms with Crippen LogP contribution in [0.15, 0.2) is 12.4 Å². The van der Waals surface area contributed by atoms with Crippen LogP contribution in [0.1, 0.15) is 24.2 Å². The number of nitrogens with one attached hydrogen (secondary N) is 1. The summed E-state index contributed by atoms with van der Waals surface area (Å²) in [5, 5.41) is 6.44. The molecule has 1 aromatic rings. The van der Waals surface area contributed by atoms with Gasteiger partial charge < -0.3 is 4.90 Å². The Morgan fingerprint density at radius 3 is 2.64 bits per heavy atom. The third-order valence-corrected chi connectivity index (χ3v) is 3.02. The summed E-state index contributed by atoms with van der Waals surface area (Å²) in [4.78, 5) is 13.8. The Kier molecular flexibility index (Phi) is 2.27. The van der Waals surface area contributed by atoms with Gasteiger partial charge in [0.15, 0.2) is 0 Å². The number of aromatic amines is 1. The van der Waals surface area contributed by atoms with Crippen molar-refractivity contribution >= 4 is 5.91 Å². The smallest absolute Gasteiger partial charge is 0.257 e. The number of likely N-dealkylation sites (tertiary alicyclic amines) is 1. The average Bonchev–Trinajstić information content (AvgIpc) is 2.76. The van der Waals surface area contributed by atoms with Gasteiger partial charge in [0.05, 0.1) is 11.8 Å². The molecule has 1 aliphatic rings. The van der Waals surface area contributed by atoms with Crippen molar-refractivity contribution in [1.82, 2.24) is 15.1 Å². The van der Waals surface area contributed by atoms with Crippen molar-refractivity contribution in [2.75, 3.05) is 13.1 Å². The molecule has 0 aliphatic carbocycles. The minimum absolute atomic E-state index is 0.0925. The van der Waals surface area contributed by atoms with E-state index in [4.69, 9.17) is 0 Å². The SMILES string of the molecule is CC1CN(C(=O)c2cn[nH]c2)CC1C. The molecule has 2 rings (SSSR count). The number of carbonyl (C=O) groups is 1. The number of H-pyrrole nitrogens is 1. The van der Waals surface area contributed by atoms with Crippen LogP contribution < -0.4 is 0 Å². The molecule has 4 nitrogen and oxygen atoms in total. The van der Waals surface area contributed by atoms with Crippen molar-refractivity contribution in [2.24, 2.45) is 11.8 Å². The molecule has 76 valence electrons. The quantitative estimate of drug-likeness (QED) is 0.727. The van der Waals surface area contributed by atoms with E-state index >= 15 is 0 Å². The predicted molar refractivity (Wildman–Crippen MR) is 52.8 cm³/mol. The highest BCUT2D eigenvalue weighted by molar-refractivity contribution is 5.93. The summed E-state index contributed by atoms with van der Waals surface area (Å²) >= 11 is 0. The average molecular weight is 193 g/mol. The predicted octanol–water partition coefficient (Wildman–Crippen LogP) is 1.14. The van der Waals surface area contributed by atoms with Gasteiger partial charge in [0.25, 0.3) is 5.91 Å². The van der Waals surface area contributed by atoms with Crippen molar-refractivity contribution in [3.63, 3.8) is 0 Å². The Bertz CT molecular complexity index is 310. The molecule has 2 atom stereocenters. The van der Waals surface area contributed by atoms with Gasteiger partial charge in [0.1, 0.15) is 0 Å². The lowest BCUT2D eigenvalue weighted by Crippen LogP contribution is -2.28. The fourth-order valence-electron chi connectivity index (χ4n) is 1.85. The van der Waals surface area contributed by atoms with Crippen LogP contribution in [0, 0.1) is 11.8 Å². The summed E-state index contributed by atoms with van der Waals surface area (Å²) in [7, 11) is 0. The summed E-state index contributed by atoms with van der Waals surface area (Å²) < 4.78 is 0. The molecule has 1 amide bonds. The van der Waals surface area contributed by atoms with E-state index in [-0.39, 0.29) is 5.91 Å². The number of amides is 1. The lowest BCUT2D eigenvalue weighted by molar-refractivity contribution is 0.0785. The summed E-state index contributed by atoms with van der Waals surface area (Å²) in [5.41, 5.74) is 0.659. The summed E-state index contributed by atoms with van der Waals surface area (Å²) in [6, 6.07) is 0. The van der Waals surface area contributed by atoms with Gasteiger partial charge in [0, 0.05) is 19.3 Å². The second-order valence-electron chi connectivity index (χ2n) is 4.15. The van der Waals surface area contributed by atoms with Crippen molar-refractivity contribution in [2.45, 2.75) is 13.8 Å². The van der Waals surface area contributed by atoms with Crippen LogP contribution in [0.2, 0.25) is 0 Å². The number of aromatic nitrogens is 2. The Balaban J connectivity index is 2.07. The Hall–Kier alpha value is -1.32. The van der Waals surface area contributed by atoms with Gasteiger partial charge in [0.2, 0.25) is 0 Å². The number of rotatable bonds is 1. The van der Waals surface area contributed by atoms with E-state index in [1.165, 1.54) is 0 Å². The van der Waals surface area contributed by atoms with Gasteiger partial charge in [-0.3, -0.25) is 9.89 Å². The van der Waals surface area contributed by atoms with Gasteiger partial charge in [-0.1, -0.05) is 13.8 Å². The first-order valence-electron chi connectivity index (χ1n) is 4.96. The number of hydrogen-bond donors (Lipinski definition) is 1. The first-order chi connectivity index (χ1) is 6.68. The molecular formula is C10H15N3O. The molecule has 0 bridgehead atoms. The van der Waals surface area contributed by atoms with E-state index in [9.17, 15) is 4.79 Å². The van der Waals surface area contributed by atoms with Crippen LogP contribution in [0.4, 0.5) is 0 Å². The molecule has 2 unspecified atom stereocenters. The minimum atomic E-state index is 0.0925. The van der Waals surface area contributed by atoms with Crippen LogP contribution in [0.25, 0.3) is 0 Å². The lowest BCUT2D eigenvalue weighted by Gasteiger charge is -2.14. The maximum Gasteiger partial charge on any atom is 0.257 e. The van der Waals surface area contributed by atoms with E-state index in [2.05, 4.69) is 24.0 Å². The second kappa shape index (κ2) is 3.44. The molecule has 2 heterocycles. The summed E-state index contributed by atoms with van der Waals surface area (Å²) in [5.74, 6) is 1.30. The molecule has 4 heteroatoms. The molecule has 1 saturated heterocycles. The second-order valence-corrected chi connectivity index (χ2v) is 4.15. The third-order valence-electron chi connectivity index (χ3n) is 3.02. The van der Waals surface area contributed by atoms with Gasteiger partial charge in [-0.25, -0.2) is 0 Å². The van der Waals surface area contributed by atoms with Crippen LogP contribution >= 0.6 is 0 Å². The first-order valence-corrected chi connectivity index (χ1v) is 4.96. The minimum Gasteiger partial charge on any atom is -0.338 e. The molecule has 1 N–H and O–H groups in total.